The summed E-state index contributed by atoms with van der Waals surface area (Å²) in [6, 6.07) is 24.8. The molecular formula is C42H45N9O3. The normalized spacial score (nSPS) is 13.5. The molecule has 0 atom stereocenters. The minimum absolute atomic E-state index is 0.0883. The van der Waals surface area contributed by atoms with Crippen LogP contribution in [-0.4, -0.2) is 54.7 Å². The summed E-state index contributed by atoms with van der Waals surface area (Å²) in [6.45, 7) is 12.3. The summed E-state index contributed by atoms with van der Waals surface area (Å²) in [5.74, 6) is 2.84. The summed E-state index contributed by atoms with van der Waals surface area (Å²) in [5, 5.41) is 15.7. The first-order valence-corrected chi connectivity index (χ1v) is 18.2. The molecule has 3 N–H and O–H groups in total. The molecule has 0 saturated carbocycles. The Labute approximate surface area is 315 Å². The molecule has 3 amide bonds. The van der Waals surface area contributed by atoms with Gasteiger partial charge in [-0.2, -0.15) is 5.10 Å². The Balaban J connectivity index is 1.01. The van der Waals surface area contributed by atoms with Crippen LogP contribution in [0.5, 0.6) is 5.75 Å². The van der Waals surface area contributed by atoms with Crippen LogP contribution in [0.25, 0.3) is 16.5 Å². The zero-order chi connectivity index (χ0) is 37.8. The van der Waals surface area contributed by atoms with Crippen LogP contribution in [0.15, 0.2) is 97.5 Å². The lowest BCUT2D eigenvalue weighted by atomic mass is 9.92. The lowest BCUT2D eigenvalue weighted by Crippen LogP contribution is -2.38. The molecule has 1 fully saturated rings. The van der Waals surface area contributed by atoms with Crippen molar-refractivity contribution in [2.75, 3.05) is 29.0 Å². The molecule has 0 bridgehead atoms. The summed E-state index contributed by atoms with van der Waals surface area (Å²) in [5.41, 5.74) is 4.51. The van der Waals surface area contributed by atoms with E-state index in [2.05, 4.69) is 58.6 Å². The van der Waals surface area contributed by atoms with E-state index >= 15 is 0 Å². The Morgan fingerprint density at radius 2 is 1.61 bits per heavy atom. The first-order chi connectivity index (χ1) is 26.0. The van der Waals surface area contributed by atoms with Gasteiger partial charge < -0.3 is 20.3 Å². The summed E-state index contributed by atoms with van der Waals surface area (Å²) in [7, 11) is 0. The van der Waals surface area contributed by atoms with E-state index in [4.69, 9.17) is 9.84 Å². The van der Waals surface area contributed by atoms with Gasteiger partial charge in [-0.3, -0.25) is 10.1 Å². The fourth-order valence-corrected chi connectivity index (χ4v) is 6.30. The van der Waals surface area contributed by atoms with Gasteiger partial charge in [-0.1, -0.05) is 69.7 Å². The maximum Gasteiger partial charge on any atom is 0.324 e. The van der Waals surface area contributed by atoms with Gasteiger partial charge in [0.2, 0.25) is 0 Å². The number of aromatic nitrogens is 5. The summed E-state index contributed by atoms with van der Waals surface area (Å²) < 4.78 is 8.08. The summed E-state index contributed by atoms with van der Waals surface area (Å²) in [6.07, 6.45) is 6.76. The van der Waals surface area contributed by atoms with Gasteiger partial charge in [-0.25, -0.2) is 24.4 Å². The Kier molecular flexibility index (Phi) is 10.3. The predicted molar refractivity (Wildman–Crippen MR) is 212 cm³/mol. The first kappa shape index (κ1) is 36.1. The van der Waals surface area contributed by atoms with Crippen molar-refractivity contribution in [3.63, 3.8) is 0 Å². The van der Waals surface area contributed by atoms with Crippen molar-refractivity contribution >= 4 is 45.9 Å². The van der Waals surface area contributed by atoms with E-state index in [0.717, 1.165) is 59.2 Å². The van der Waals surface area contributed by atoms with Crippen LogP contribution < -0.4 is 20.7 Å². The van der Waals surface area contributed by atoms with Crippen molar-refractivity contribution in [1.29, 1.82) is 0 Å². The Morgan fingerprint density at radius 3 is 2.33 bits per heavy atom. The second-order valence-corrected chi connectivity index (χ2v) is 14.9. The lowest BCUT2D eigenvalue weighted by molar-refractivity contribution is 0.0691. The third-order valence-corrected chi connectivity index (χ3v) is 9.55. The van der Waals surface area contributed by atoms with Gasteiger partial charge in [0.05, 0.1) is 29.5 Å². The standard InChI is InChI=1S/C42H45N9O3/c1-27-10-12-30(13-11-27)51-39(23-36(49-51)42(3,4)5)48-41(53)46-33-14-15-35(32-9-7-6-8-31(32)33)54-26-29-16-19-43-37(22-29)47-38-25-44-34(24-45-38)40(52)50-20-17-28(2)18-21-50/h6-16,19,22-25,28H,17-18,20-21,26H2,1-5H3,(H,43,45,47)(H2,46,48,53). The van der Waals surface area contributed by atoms with Crippen LogP contribution in [0.2, 0.25) is 0 Å². The Hall–Kier alpha value is -6.30. The zero-order valence-electron chi connectivity index (χ0n) is 31.3. The smallest absolute Gasteiger partial charge is 0.324 e. The van der Waals surface area contributed by atoms with Gasteiger partial charge in [0.1, 0.15) is 35.5 Å². The van der Waals surface area contributed by atoms with E-state index in [0.29, 0.717) is 40.5 Å². The SMILES string of the molecule is Cc1ccc(-n2nc(C(C)(C)C)cc2NC(=O)Nc2ccc(OCc3ccnc(Nc4cnc(C(=O)N5CCC(C)CC5)cn4)c3)c3ccccc23)cc1. The molecule has 1 aliphatic rings. The average molecular weight is 724 g/mol. The molecule has 54 heavy (non-hydrogen) atoms. The molecule has 0 spiro atoms. The fourth-order valence-electron chi connectivity index (χ4n) is 6.30. The predicted octanol–water partition coefficient (Wildman–Crippen LogP) is 8.66. The van der Waals surface area contributed by atoms with Crippen molar-refractivity contribution in [2.24, 2.45) is 5.92 Å². The molecule has 1 aliphatic heterocycles. The van der Waals surface area contributed by atoms with Crippen LogP contribution in [-0.2, 0) is 12.0 Å². The van der Waals surface area contributed by atoms with Crippen molar-refractivity contribution in [3.8, 4) is 11.4 Å². The van der Waals surface area contributed by atoms with E-state index in [9.17, 15) is 9.59 Å². The van der Waals surface area contributed by atoms with E-state index in [1.165, 1.54) is 6.20 Å². The molecular weight excluding hydrogens is 679 g/mol. The molecule has 0 unspecified atom stereocenters. The fraction of sp³-hybridized carbons (Fsp3) is 0.286. The topological polar surface area (TPSA) is 139 Å². The molecule has 7 rings (SSSR count). The first-order valence-electron chi connectivity index (χ1n) is 18.2. The van der Waals surface area contributed by atoms with E-state index in [1.54, 1.807) is 17.1 Å². The Bertz CT molecular complexity index is 2270. The maximum atomic E-state index is 13.5. The van der Waals surface area contributed by atoms with Crippen LogP contribution in [0.3, 0.4) is 0 Å². The minimum atomic E-state index is -0.387. The summed E-state index contributed by atoms with van der Waals surface area (Å²) >= 11 is 0. The molecule has 12 heteroatoms. The van der Waals surface area contributed by atoms with Crippen LogP contribution >= 0.6 is 0 Å². The molecule has 4 heterocycles. The number of urea groups is 1. The molecule has 276 valence electrons. The number of rotatable bonds is 9. The van der Waals surface area contributed by atoms with Gasteiger partial charge in [-0.15, -0.1) is 0 Å². The quantitative estimate of drug-likeness (QED) is 0.135. The second-order valence-electron chi connectivity index (χ2n) is 14.9. The highest BCUT2D eigenvalue weighted by Gasteiger charge is 2.24. The van der Waals surface area contributed by atoms with E-state index in [-0.39, 0.29) is 24.0 Å². The summed E-state index contributed by atoms with van der Waals surface area (Å²) in [4.78, 5) is 41.4. The van der Waals surface area contributed by atoms with Gasteiger partial charge in [-0.05, 0) is 67.6 Å². The molecule has 0 aliphatic carbocycles. The molecule has 3 aromatic heterocycles. The number of hydrogen-bond acceptors (Lipinski definition) is 8. The highest BCUT2D eigenvalue weighted by Crippen LogP contribution is 2.33. The van der Waals surface area contributed by atoms with Crippen molar-refractivity contribution in [1.82, 2.24) is 29.6 Å². The molecule has 1 saturated heterocycles. The van der Waals surface area contributed by atoms with E-state index in [1.807, 2.05) is 90.7 Å². The van der Waals surface area contributed by atoms with Crippen LogP contribution in [0.4, 0.5) is 27.9 Å². The number of fused-ring (bicyclic) bond motifs is 1. The second kappa shape index (κ2) is 15.4. The molecule has 12 nitrogen and oxygen atoms in total. The highest BCUT2D eigenvalue weighted by atomic mass is 16.5. The number of carbonyl (C=O) groups is 2. The van der Waals surface area contributed by atoms with Gasteiger partial charge in [0.25, 0.3) is 5.91 Å². The Morgan fingerprint density at radius 1 is 0.852 bits per heavy atom. The number of hydrogen-bond donors (Lipinski definition) is 3. The minimum Gasteiger partial charge on any atom is -0.488 e. The number of likely N-dealkylation sites (tertiary alicyclic amines) is 1. The highest BCUT2D eigenvalue weighted by molar-refractivity contribution is 6.07. The van der Waals surface area contributed by atoms with Crippen LogP contribution in [0.1, 0.15) is 67.8 Å². The van der Waals surface area contributed by atoms with Gasteiger partial charge >= 0.3 is 6.03 Å². The largest absolute Gasteiger partial charge is 0.488 e. The number of carbonyl (C=O) groups excluding carboxylic acids is 2. The van der Waals surface area contributed by atoms with Crippen LogP contribution in [0, 0.1) is 12.8 Å². The van der Waals surface area contributed by atoms with Crippen molar-refractivity contribution in [3.05, 3.63) is 120 Å². The van der Waals surface area contributed by atoms with Gasteiger partial charge in [0, 0.05) is 41.5 Å². The number of anilines is 4. The van der Waals surface area contributed by atoms with E-state index < -0.39 is 0 Å². The number of nitrogens with one attached hydrogen (secondary N) is 3. The zero-order valence-corrected chi connectivity index (χ0v) is 31.3. The third kappa shape index (κ3) is 8.33. The molecule has 3 aromatic carbocycles. The number of benzene rings is 3. The van der Waals surface area contributed by atoms with Crippen molar-refractivity contribution < 1.29 is 14.3 Å². The number of ether oxygens (including phenoxy) is 1. The number of aryl methyl sites for hydroxylation is 1. The molecule has 0 radical (unpaired) electrons. The number of nitrogens with zero attached hydrogens (tertiary/aromatic N) is 6. The number of amides is 3. The van der Waals surface area contributed by atoms with Crippen molar-refractivity contribution in [2.45, 2.75) is 59.5 Å². The molecule has 6 aromatic rings. The average Bonchev–Trinajstić information content (AvgIpc) is 3.59. The van der Waals surface area contributed by atoms with Gasteiger partial charge in [0.15, 0.2) is 0 Å². The number of pyridine rings is 1. The number of piperidine rings is 1. The maximum absolute atomic E-state index is 13.5. The third-order valence-electron chi connectivity index (χ3n) is 9.55. The lowest BCUT2D eigenvalue weighted by Gasteiger charge is -2.29. The monoisotopic (exact) mass is 723 g/mol.